The Hall–Kier alpha value is -0.410. The highest BCUT2D eigenvalue weighted by molar-refractivity contribution is 9.10. The zero-order chi connectivity index (χ0) is 11.5. The third-order valence-corrected chi connectivity index (χ3v) is 4.24. The molecule has 1 saturated carbocycles. The molecule has 0 aliphatic heterocycles. The molecule has 1 heterocycles. The largest absolute Gasteiger partial charge is 0.386 e. The molecular weight excluding hydrogens is 266 g/mol. The van der Waals surface area contributed by atoms with Crippen LogP contribution < -0.4 is 0 Å². The first-order valence-electron chi connectivity index (χ1n) is 5.97. The number of halogens is 1. The van der Waals surface area contributed by atoms with Crippen LogP contribution in [0.3, 0.4) is 0 Å². The lowest BCUT2D eigenvalue weighted by atomic mass is 9.79. The van der Waals surface area contributed by atoms with Gasteiger partial charge in [0, 0.05) is 10.7 Å². The molecule has 0 radical (unpaired) electrons. The van der Waals surface area contributed by atoms with Crippen molar-refractivity contribution in [2.75, 3.05) is 0 Å². The van der Waals surface area contributed by atoms with Crippen molar-refractivity contribution in [3.63, 3.8) is 0 Å². The van der Waals surface area contributed by atoms with E-state index in [1.807, 2.05) is 12.1 Å². The van der Waals surface area contributed by atoms with Gasteiger partial charge in [-0.15, -0.1) is 0 Å². The van der Waals surface area contributed by atoms with Crippen LogP contribution in [0.2, 0.25) is 0 Å². The van der Waals surface area contributed by atoms with Gasteiger partial charge in [0.2, 0.25) is 0 Å². The van der Waals surface area contributed by atoms with Crippen LogP contribution in [0.1, 0.15) is 44.4 Å². The molecule has 2 rings (SSSR count). The van der Waals surface area contributed by atoms with Gasteiger partial charge in [0.1, 0.15) is 0 Å². The van der Waals surface area contributed by atoms with Crippen molar-refractivity contribution in [1.29, 1.82) is 0 Å². The molecule has 1 aliphatic carbocycles. The predicted octanol–water partition coefficient (Wildman–Crippen LogP) is 3.70. The van der Waals surface area contributed by atoms with Crippen molar-refractivity contribution in [3.8, 4) is 0 Å². The summed E-state index contributed by atoms with van der Waals surface area (Å²) in [6.07, 6.45) is 6.02. The summed E-state index contributed by atoms with van der Waals surface area (Å²) in [7, 11) is 0. The first-order chi connectivity index (χ1) is 7.68. The molecule has 0 spiro atoms. The summed E-state index contributed by atoms with van der Waals surface area (Å²) in [5, 5.41) is 10.3. The Morgan fingerprint density at radius 2 is 2.06 bits per heavy atom. The number of aliphatic hydroxyl groups excluding tert-OH is 1. The summed E-state index contributed by atoms with van der Waals surface area (Å²) in [5.74, 6) is 1.19. The van der Waals surface area contributed by atoms with Gasteiger partial charge in [-0.2, -0.15) is 0 Å². The highest BCUT2D eigenvalue weighted by Gasteiger charge is 2.27. The van der Waals surface area contributed by atoms with Crippen molar-refractivity contribution in [1.82, 2.24) is 4.98 Å². The molecular formula is C13H18BrNO. The molecule has 1 unspecified atom stereocenters. The average molecular weight is 284 g/mol. The lowest BCUT2D eigenvalue weighted by Crippen LogP contribution is -2.20. The van der Waals surface area contributed by atoms with Gasteiger partial charge in [0.25, 0.3) is 0 Å². The first kappa shape index (κ1) is 12.1. The van der Waals surface area contributed by atoms with E-state index in [9.17, 15) is 5.11 Å². The second kappa shape index (κ2) is 5.28. The normalized spacial score (nSPS) is 27.7. The second-order valence-corrected chi connectivity index (χ2v) is 5.69. The van der Waals surface area contributed by atoms with E-state index < -0.39 is 6.10 Å². The Labute approximate surface area is 105 Å². The average Bonchev–Trinajstić information content (AvgIpc) is 2.30. The van der Waals surface area contributed by atoms with E-state index >= 15 is 0 Å². The molecule has 1 fully saturated rings. The van der Waals surface area contributed by atoms with Gasteiger partial charge in [-0.25, -0.2) is 0 Å². The quantitative estimate of drug-likeness (QED) is 0.898. The van der Waals surface area contributed by atoms with Crippen molar-refractivity contribution in [2.45, 2.75) is 38.7 Å². The van der Waals surface area contributed by atoms with Gasteiger partial charge < -0.3 is 5.11 Å². The van der Waals surface area contributed by atoms with Crippen LogP contribution in [0.15, 0.2) is 22.8 Å². The van der Waals surface area contributed by atoms with E-state index in [1.54, 1.807) is 6.20 Å². The molecule has 2 nitrogen and oxygen atoms in total. The van der Waals surface area contributed by atoms with Crippen molar-refractivity contribution in [3.05, 3.63) is 28.5 Å². The van der Waals surface area contributed by atoms with Crippen LogP contribution in [0, 0.1) is 11.8 Å². The Morgan fingerprint density at radius 1 is 1.38 bits per heavy atom. The number of aromatic nitrogens is 1. The first-order valence-corrected chi connectivity index (χ1v) is 6.76. The Bertz CT molecular complexity index is 348. The SMILES string of the molecule is CC1CCC(C(O)c2ncccc2Br)CC1. The molecule has 0 bridgehead atoms. The van der Waals surface area contributed by atoms with E-state index in [1.165, 1.54) is 12.8 Å². The van der Waals surface area contributed by atoms with Gasteiger partial charge >= 0.3 is 0 Å². The fourth-order valence-electron chi connectivity index (χ4n) is 2.44. The van der Waals surface area contributed by atoms with Crippen LogP contribution in [-0.2, 0) is 0 Å². The van der Waals surface area contributed by atoms with Crippen LogP contribution in [0.5, 0.6) is 0 Å². The van der Waals surface area contributed by atoms with Crippen molar-refractivity contribution < 1.29 is 5.11 Å². The second-order valence-electron chi connectivity index (χ2n) is 4.84. The minimum absolute atomic E-state index is 0.377. The molecule has 3 heteroatoms. The predicted molar refractivity (Wildman–Crippen MR) is 68.0 cm³/mol. The van der Waals surface area contributed by atoms with E-state index in [0.29, 0.717) is 5.92 Å². The maximum atomic E-state index is 10.3. The molecule has 1 aliphatic rings. The van der Waals surface area contributed by atoms with E-state index in [0.717, 1.165) is 28.9 Å². The van der Waals surface area contributed by atoms with Gasteiger partial charge in [0.15, 0.2) is 0 Å². The van der Waals surface area contributed by atoms with Gasteiger partial charge in [-0.1, -0.05) is 19.8 Å². The zero-order valence-electron chi connectivity index (χ0n) is 9.56. The van der Waals surface area contributed by atoms with Crippen molar-refractivity contribution >= 4 is 15.9 Å². The summed E-state index contributed by atoms with van der Waals surface area (Å²) in [6.45, 7) is 2.29. The summed E-state index contributed by atoms with van der Waals surface area (Å²) in [6, 6.07) is 3.82. The standard InChI is InChI=1S/C13H18BrNO/c1-9-4-6-10(7-5-9)13(16)12-11(14)3-2-8-15-12/h2-3,8-10,13,16H,4-7H2,1H3. The molecule has 88 valence electrons. The van der Waals surface area contributed by atoms with Gasteiger partial charge in [-0.3, -0.25) is 4.98 Å². The highest BCUT2D eigenvalue weighted by Crippen LogP contribution is 2.37. The number of hydrogen-bond donors (Lipinski definition) is 1. The fourth-order valence-corrected chi connectivity index (χ4v) is 2.93. The molecule has 0 amide bonds. The molecule has 1 N–H and O–H groups in total. The number of nitrogens with zero attached hydrogens (tertiary/aromatic N) is 1. The van der Waals surface area contributed by atoms with Crippen LogP contribution in [0.25, 0.3) is 0 Å². The lowest BCUT2D eigenvalue weighted by molar-refractivity contribution is 0.0715. The lowest BCUT2D eigenvalue weighted by Gasteiger charge is -2.29. The van der Waals surface area contributed by atoms with Gasteiger partial charge in [0.05, 0.1) is 11.8 Å². The van der Waals surface area contributed by atoms with Crippen LogP contribution in [0.4, 0.5) is 0 Å². The third-order valence-electron chi connectivity index (χ3n) is 3.57. The number of rotatable bonds is 2. The molecule has 1 aromatic heterocycles. The highest BCUT2D eigenvalue weighted by atomic mass is 79.9. The molecule has 16 heavy (non-hydrogen) atoms. The molecule has 0 aromatic carbocycles. The third kappa shape index (κ3) is 2.64. The molecule has 0 saturated heterocycles. The number of hydrogen-bond acceptors (Lipinski definition) is 2. The van der Waals surface area contributed by atoms with Crippen LogP contribution in [-0.4, -0.2) is 10.1 Å². The minimum Gasteiger partial charge on any atom is -0.386 e. The Balaban J connectivity index is 2.07. The maximum absolute atomic E-state index is 10.3. The molecule has 1 aromatic rings. The summed E-state index contributed by atoms with van der Waals surface area (Å²) in [4.78, 5) is 4.28. The number of aliphatic hydroxyl groups is 1. The molecule has 1 atom stereocenters. The Kier molecular flexibility index (Phi) is 3.98. The number of pyridine rings is 1. The van der Waals surface area contributed by atoms with E-state index in [4.69, 9.17) is 0 Å². The zero-order valence-corrected chi connectivity index (χ0v) is 11.2. The summed E-state index contributed by atoms with van der Waals surface area (Å²) >= 11 is 3.45. The maximum Gasteiger partial charge on any atom is 0.0999 e. The monoisotopic (exact) mass is 283 g/mol. The summed E-state index contributed by atoms with van der Waals surface area (Å²) in [5.41, 5.74) is 0.794. The smallest absolute Gasteiger partial charge is 0.0999 e. The fraction of sp³-hybridized carbons (Fsp3) is 0.615. The van der Waals surface area contributed by atoms with Crippen LogP contribution >= 0.6 is 15.9 Å². The summed E-state index contributed by atoms with van der Waals surface area (Å²) < 4.78 is 0.918. The topological polar surface area (TPSA) is 33.1 Å². The van der Waals surface area contributed by atoms with Crippen molar-refractivity contribution in [2.24, 2.45) is 11.8 Å². The van der Waals surface area contributed by atoms with E-state index in [-0.39, 0.29) is 0 Å². The Morgan fingerprint density at radius 3 is 2.69 bits per heavy atom. The minimum atomic E-state index is -0.414. The van der Waals surface area contributed by atoms with E-state index in [2.05, 4.69) is 27.8 Å². The van der Waals surface area contributed by atoms with Gasteiger partial charge in [-0.05, 0) is 52.7 Å².